The minimum atomic E-state index is -0.169. The molecule has 2 heterocycles. The van der Waals surface area contributed by atoms with Crippen LogP contribution < -0.4 is 5.69 Å². The van der Waals surface area contributed by atoms with Gasteiger partial charge < -0.3 is 15.0 Å². The van der Waals surface area contributed by atoms with Gasteiger partial charge in [0.1, 0.15) is 0 Å². The van der Waals surface area contributed by atoms with Crippen LogP contribution in [0.25, 0.3) is 22.2 Å². The predicted octanol–water partition coefficient (Wildman–Crippen LogP) is 2.16. The molecule has 4 nitrogen and oxygen atoms in total. The van der Waals surface area contributed by atoms with Crippen molar-refractivity contribution in [1.29, 1.82) is 0 Å². The van der Waals surface area contributed by atoms with Gasteiger partial charge in [0.05, 0.1) is 5.69 Å². The highest BCUT2D eigenvalue weighted by Gasteiger charge is 2.10. The van der Waals surface area contributed by atoms with Gasteiger partial charge >= 0.3 is 5.69 Å². The minimum Gasteiger partial charge on any atom is -0.360 e. The molecule has 0 bridgehead atoms. The molecule has 3 aromatic rings. The van der Waals surface area contributed by atoms with E-state index in [4.69, 9.17) is 0 Å². The Morgan fingerprint density at radius 3 is 2.69 bits per heavy atom. The first kappa shape index (κ1) is 9.03. The summed E-state index contributed by atoms with van der Waals surface area (Å²) in [4.78, 5) is 20.0. The fourth-order valence-electron chi connectivity index (χ4n) is 2.02. The zero-order valence-electron chi connectivity index (χ0n) is 8.79. The molecule has 16 heavy (non-hydrogen) atoms. The molecule has 0 saturated heterocycles. The number of benzene rings is 1. The number of para-hydroxylation sites is 1. The highest BCUT2D eigenvalue weighted by Crippen LogP contribution is 2.27. The second kappa shape index (κ2) is 3.13. The van der Waals surface area contributed by atoms with Crippen molar-refractivity contribution in [3.63, 3.8) is 0 Å². The third-order valence-electron chi connectivity index (χ3n) is 2.77. The van der Waals surface area contributed by atoms with Gasteiger partial charge in [-0.3, -0.25) is 0 Å². The van der Waals surface area contributed by atoms with Crippen molar-refractivity contribution >= 4 is 10.9 Å². The Kier molecular flexibility index (Phi) is 1.77. The van der Waals surface area contributed by atoms with Crippen LogP contribution in [-0.4, -0.2) is 15.0 Å². The number of hydrogen-bond acceptors (Lipinski definition) is 1. The van der Waals surface area contributed by atoms with E-state index < -0.39 is 0 Å². The SMILES string of the molecule is Cc1[nH]c(=O)[nH]c1-c1c[nH]c2ccccc12. The van der Waals surface area contributed by atoms with Gasteiger partial charge in [0.2, 0.25) is 0 Å². The van der Waals surface area contributed by atoms with Gasteiger partial charge in [-0.25, -0.2) is 4.79 Å². The Morgan fingerprint density at radius 1 is 1.12 bits per heavy atom. The van der Waals surface area contributed by atoms with Crippen molar-refractivity contribution in [2.75, 3.05) is 0 Å². The quantitative estimate of drug-likeness (QED) is 0.569. The predicted molar refractivity (Wildman–Crippen MR) is 63.4 cm³/mol. The summed E-state index contributed by atoms with van der Waals surface area (Å²) in [5, 5.41) is 1.11. The summed E-state index contributed by atoms with van der Waals surface area (Å²) in [6, 6.07) is 8.01. The maximum atomic E-state index is 11.2. The van der Waals surface area contributed by atoms with E-state index in [0.717, 1.165) is 27.9 Å². The number of hydrogen-bond donors (Lipinski definition) is 3. The largest absolute Gasteiger partial charge is 0.360 e. The number of imidazole rings is 1. The Labute approximate surface area is 91.3 Å². The van der Waals surface area contributed by atoms with Gasteiger partial charge in [-0.1, -0.05) is 18.2 Å². The molecule has 0 aliphatic heterocycles. The molecule has 0 radical (unpaired) electrons. The molecule has 4 heteroatoms. The Hall–Kier alpha value is -2.23. The van der Waals surface area contributed by atoms with Crippen molar-refractivity contribution < 1.29 is 0 Å². The van der Waals surface area contributed by atoms with Gasteiger partial charge in [-0.15, -0.1) is 0 Å². The number of H-pyrrole nitrogens is 3. The van der Waals surface area contributed by atoms with E-state index in [0.29, 0.717) is 0 Å². The molecular formula is C12H11N3O. The van der Waals surface area contributed by atoms with Crippen LogP contribution in [0.2, 0.25) is 0 Å². The third-order valence-corrected chi connectivity index (χ3v) is 2.77. The smallest absolute Gasteiger partial charge is 0.323 e. The summed E-state index contributed by atoms with van der Waals surface area (Å²) in [7, 11) is 0. The summed E-state index contributed by atoms with van der Waals surface area (Å²) in [6.07, 6.45) is 1.91. The van der Waals surface area contributed by atoms with E-state index >= 15 is 0 Å². The number of fused-ring (bicyclic) bond motifs is 1. The van der Waals surface area contributed by atoms with Crippen LogP contribution in [0.5, 0.6) is 0 Å². The van der Waals surface area contributed by atoms with Crippen LogP contribution in [-0.2, 0) is 0 Å². The minimum absolute atomic E-state index is 0.169. The molecule has 0 aliphatic carbocycles. The maximum absolute atomic E-state index is 11.2. The molecule has 0 fully saturated rings. The van der Waals surface area contributed by atoms with E-state index in [-0.39, 0.29) is 5.69 Å². The topological polar surface area (TPSA) is 64.4 Å². The standard InChI is InChI=1S/C12H11N3O/c1-7-11(15-12(16)14-7)9-6-13-10-5-3-2-4-8(9)10/h2-6,13H,1H3,(H2,14,15,16). The molecule has 3 rings (SSSR count). The zero-order chi connectivity index (χ0) is 11.1. The second-order valence-corrected chi connectivity index (χ2v) is 3.83. The van der Waals surface area contributed by atoms with E-state index in [1.165, 1.54) is 0 Å². The van der Waals surface area contributed by atoms with Crippen LogP contribution in [0, 0.1) is 6.92 Å². The lowest BCUT2D eigenvalue weighted by molar-refractivity contribution is 1.16. The van der Waals surface area contributed by atoms with Gasteiger partial charge in [-0.05, 0) is 13.0 Å². The summed E-state index contributed by atoms with van der Waals surface area (Å²) in [5.74, 6) is 0. The molecule has 0 spiro atoms. The lowest BCUT2D eigenvalue weighted by Crippen LogP contribution is -2.00. The van der Waals surface area contributed by atoms with Gasteiger partial charge in [0, 0.05) is 28.4 Å². The van der Waals surface area contributed by atoms with Crippen molar-refractivity contribution in [3.8, 4) is 11.3 Å². The summed E-state index contributed by atoms with van der Waals surface area (Å²) in [6.45, 7) is 1.88. The van der Waals surface area contributed by atoms with Crippen molar-refractivity contribution in [2.24, 2.45) is 0 Å². The lowest BCUT2D eigenvalue weighted by atomic mass is 10.1. The zero-order valence-corrected chi connectivity index (χ0v) is 8.79. The molecule has 0 saturated carbocycles. The average molecular weight is 213 g/mol. The van der Waals surface area contributed by atoms with Crippen LogP contribution in [0.4, 0.5) is 0 Å². The number of aryl methyl sites for hydroxylation is 1. The molecule has 0 aliphatic rings. The lowest BCUT2D eigenvalue weighted by Gasteiger charge is -1.96. The normalized spacial score (nSPS) is 11.1. The second-order valence-electron chi connectivity index (χ2n) is 3.83. The van der Waals surface area contributed by atoms with Gasteiger partial charge in [0.15, 0.2) is 0 Å². The van der Waals surface area contributed by atoms with Crippen LogP contribution >= 0.6 is 0 Å². The number of rotatable bonds is 1. The third kappa shape index (κ3) is 1.20. The van der Waals surface area contributed by atoms with E-state index in [9.17, 15) is 4.79 Å². The Balaban J connectivity index is 2.34. The summed E-state index contributed by atoms with van der Waals surface area (Å²) < 4.78 is 0. The fourth-order valence-corrected chi connectivity index (χ4v) is 2.02. The molecule has 0 atom stereocenters. The Bertz CT molecular complexity index is 702. The van der Waals surface area contributed by atoms with E-state index in [2.05, 4.69) is 15.0 Å². The monoisotopic (exact) mass is 213 g/mol. The van der Waals surface area contributed by atoms with Crippen molar-refractivity contribution in [1.82, 2.24) is 15.0 Å². The van der Waals surface area contributed by atoms with Crippen LogP contribution in [0.15, 0.2) is 35.3 Å². The number of nitrogens with one attached hydrogen (secondary N) is 3. The van der Waals surface area contributed by atoms with Gasteiger partial charge in [-0.2, -0.15) is 0 Å². The highest BCUT2D eigenvalue weighted by atomic mass is 16.1. The first-order chi connectivity index (χ1) is 7.75. The van der Waals surface area contributed by atoms with Crippen LogP contribution in [0.3, 0.4) is 0 Å². The van der Waals surface area contributed by atoms with Crippen molar-refractivity contribution in [3.05, 3.63) is 46.6 Å². The summed E-state index contributed by atoms with van der Waals surface area (Å²) in [5.41, 5.74) is 3.63. The average Bonchev–Trinajstić information content (AvgIpc) is 2.81. The van der Waals surface area contributed by atoms with Gasteiger partial charge in [0.25, 0.3) is 0 Å². The molecule has 80 valence electrons. The molecule has 1 aromatic carbocycles. The first-order valence-electron chi connectivity index (χ1n) is 5.11. The fraction of sp³-hybridized carbons (Fsp3) is 0.0833. The molecule has 0 unspecified atom stereocenters. The molecular weight excluding hydrogens is 202 g/mol. The number of aromatic nitrogens is 3. The Morgan fingerprint density at radius 2 is 1.94 bits per heavy atom. The molecule has 2 aromatic heterocycles. The summed E-state index contributed by atoms with van der Waals surface area (Å²) >= 11 is 0. The first-order valence-corrected chi connectivity index (χ1v) is 5.11. The van der Waals surface area contributed by atoms with Crippen LogP contribution in [0.1, 0.15) is 5.69 Å². The van der Waals surface area contributed by atoms with E-state index in [1.54, 1.807) is 0 Å². The highest BCUT2D eigenvalue weighted by molar-refractivity contribution is 5.94. The molecule has 0 amide bonds. The molecule has 3 N–H and O–H groups in total. The maximum Gasteiger partial charge on any atom is 0.323 e. The van der Waals surface area contributed by atoms with E-state index in [1.807, 2.05) is 37.4 Å². The number of aromatic amines is 3. The van der Waals surface area contributed by atoms with Crippen molar-refractivity contribution in [2.45, 2.75) is 6.92 Å².